The second kappa shape index (κ2) is 8.57. The number of hydrazone groups is 1. The minimum atomic E-state index is -3.61. The highest BCUT2D eigenvalue weighted by molar-refractivity contribution is 7.92. The number of benzene rings is 1. The van der Waals surface area contributed by atoms with Gasteiger partial charge in [-0.2, -0.15) is 5.10 Å². The van der Waals surface area contributed by atoms with Crippen molar-refractivity contribution >= 4 is 27.8 Å². The molecule has 0 bridgehead atoms. The standard InChI is InChI=1S/C18H22N4O3S/c1-14(2)16-6-8-17(9-7-16)22(26(3,24)25)13-18(23)21-20-12-15-5-4-10-19-11-15/h4-12,14H,13H2,1-3H3,(H,21,23)/b20-12-. The Kier molecular flexibility index (Phi) is 6.46. The molecule has 0 saturated carbocycles. The van der Waals surface area contributed by atoms with Gasteiger partial charge < -0.3 is 0 Å². The number of anilines is 1. The molecular weight excluding hydrogens is 352 g/mol. The smallest absolute Gasteiger partial charge is 0.260 e. The number of nitrogens with zero attached hydrogens (tertiary/aromatic N) is 3. The molecule has 0 spiro atoms. The Bertz CT molecular complexity index is 863. The van der Waals surface area contributed by atoms with Crippen molar-refractivity contribution in [3.63, 3.8) is 0 Å². The molecule has 1 heterocycles. The molecule has 7 nitrogen and oxygen atoms in total. The summed E-state index contributed by atoms with van der Waals surface area (Å²) in [5.41, 5.74) is 4.57. The van der Waals surface area contributed by atoms with Gasteiger partial charge in [0, 0.05) is 18.0 Å². The number of pyridine rings is 1. The molecule has 2 aromatic rings. The first-order valence-corrected chi connectivity index (χ1v) is 9.92. The summed E-state index contributed by atoms with van der Waals surface area (Å²) in [7, 11) is -3.61. The van der Waals surface area contributed by atoms with Gasteiger partial charge in [0.2, 0.25) is 10.0 Å². The summed E-state index contributed by atoms with van der Waals surface area (Å²) in [6.45, 7) is 3.75. The minimum absolute atomic E-state index is 0.334. The van der Waals surface area contributed by atoms with Crippen molar-refractivity contribution in [2.24, 2.45) is 5.10 Å². The van der Waals surface area contributed by atoms with E-state index < -0.39 is 15.9 Å². The number of aromatic nitrogens is 1. The lowest BCUT2D eigenvalue weighted by molar-refractivity contribution is -0.119. The van der Waals surface area contributed by atoms with E-state index in [-0.39, 0.29) is 6.54 Å². The number of hydrogen-bond acceptors (Lipinski definition) is 5. The molecular formula is C18H22N4O3S. The first kappa shape index (κ1) is 19.6. The van der Waals surface area contributed by atoms with E-state index >= 15 is 0 Å². The summed E-state index contributed by atoms with van der Waals surface area (Å²) in [4.78, 5) is 16.0. The van der Waals surface area contributed by atoms with Crippen LogP contribution in [0.15, 0.2) is 53.9 Å². The van der Waals surface area contributed by atoms with E-state index in [2.05, 4.69) is 29.4 Å². The molecule has 138 valence electrons. The van der Waals surface area contributed by atoms with Crippen LogP contribution in [-0.4, -0.2) is 38.3 Å². The molecule has 0 aliphatic heterocycles. The Morgan fingerprint density at radius 1 is 1.27 bits per heavy atom. The van der Waals surface area contributed by atoms with Crippen molar-refractivity contribution in [3.8, 4) is 0 Å². The summed E-state index contributed by atoms with van der Waals surface area (Å²) >= 11 is 0. The molecule has 1 aromatic carbocycles. The van der Waals surface area contributed by atoms with Crippen molar-refractivity contribution in [3.05, 3.63) is 59.9 Å². The quantitative estimate of drug-likeness (QED) is 0.593. The molecule has 1 amide bonds. The van der Waals surface area contributed by atoms with Crippen LogP contribution in [0.1, 0.15) is 30.9 Å². The maximum Gasteiger partial charge on any atom is 0.260 e. The van der Waals surface area contributed by atoms with Gasteiger partial charge in [0.25, 0.3) is 5.91 Å². The number of hydrogen-bond donors (Lipinski definition) is 1. The number of sulfonamides is 1. The molecule has 1 aromatic heterocycles. The number of carbonyl (C=O) groups excluding carboxylic acids is 1. The van der Waals surface area contributed by atoms with Crippen LogP contribution >= 0.6 is 0 Å². The summed E-state index contributed by atoms with van der Waals surface area (Å²) in [5.74, 6) is -0.204. The van der Waals surface area contributed by atoms with Gasteiger partial charge in [-0.3, -0.25) is 14.1 Å². The normalized spacial score (nSPS) is 11.7. The molecule has 0 unspecified atom stereocenters. The van der Waals surface area contributed by atoms with Crippen molar-refractivity contribution in [1.82, 2.24) is 10.4 Å². The lowest BCUT2D eigenvalue weighted by Gasteiger charge is -2.21. The molecule has 8 heteroatoms. The summed E-state index contributed by atoms with van der Waals surface area (Å²) in [5, 5.41) is 3.82. The minimum Gasteiger partial charge on any atom is -0.271 e. The SMILES string of the molecule is CC(C)c1ccc(N(CC(=O)N/N=C\c2cccnc2)S(C)(=O)=O)cc1. The summed E-state index contributed by atoms with van der Waals surface area (Å²) in [6, 6.07) is 10.6. The van der Waals surface area contributed by atoms with Gasteiger partial charge in [-0.15, -0.1) is 0 Å². The van der Waals surface area contributed by atoms with E-state index in [4.69, 9.17) is 0 Å². The number of nitrogens with one attached hydrogen (secondary N) is 1. The molecule has 1 N–H and O–H groups in total. The van der Waals surface area contributed by atoms with Gasteiger partial charge >= 0.3 is 0 Å². The fourth-order valence-electron chi connectivity index (χ4n) is 2.22. The zero-order chi connectivity index (χ0) is 19.2. The van der Waals surface area contributed by atoms with Gasteiger partial charge in [-0.25, -0.2) is 13.8 Å². The fraction of sp³-hybridized carbons (Fsp3) is 0.278. The molecule has 0 fully saturated rings. The monoisotopic (exact) mass is 374 g/mol. The van der Waals surface area contributed by atoms with Crippen LogP contribution in [-0.2, 0) is 14.8 Å². The molecule has 0 saturated heterocycles. The Labute approximate surface area is 153 Å². The van der Waals surface area contributed by atoms with Crippen LogP contribution in [0.2, 0.25) is 0 Å². The Hall–Kier alpha value is -2.74. The maximum absolute atomic E-state index is 12.1. The molecule has 26 heavy (non-hydrogen) atoms. The average molecular weight is 374 g/mol. The molecule has 0 aliphatic carbocycles. The topological polar surface area (TPSA) is 91.7 Å². The van der Waals surface area contributed by atoms with Crippen LogP contribution in [0.5, 0.6) is 0 Å². The highest BCUT2D eigenvalue weighted by Crippen LogP contribution is 2.21. The van der Waals surface area contributed by atoms with Gasteiger partial charge in [0.05, 0.1) is 18.2 Å². The zero-order valence-corrected chi connectivity index (χ0v) is 15.8. The summed E-state index contributed by atoms with van der Waals surface area (Å²) < 4.78 is 25.2. The molecule has 0 atom stereocenters. The van der Waals surface area contributed by atoms with Crippen molar-refractivity contribution in [1.29, 1.82) is 0 Å². The number of carbonyl (C=O) groups is 1. The van der Waals surface area contributed by atoms with E-state index in [0.717, 1.165) is 21.7 Å². The van der Waals surface area contributed by atoms with Crippen LogP contribution in [0, 0.1) is 0 Å². The van der Waals surface area contributed by atoms with Gasteiger partial charge in [0.15, 0.2) is 0 Å². The zero-order valence-electron chi connectivity index (χ0n) is 15.0. The van der Waals surface area contributed by atoms with E-state index in [9.17, 15) is 13.2 Å². The molecule has 2 rings (SSSR count). The van der Waals surface area contributed by atoms with Crippen LogP contribution < -0.4 is 9.73 Å². The predicted octanol–water partition coefficient (Wildman–Crippen LogP) is 2.12. The average Bonchev–Trinajstić information content (AvgIpc) is 2.60. The third-order valence-corrected chi connectivity index (χ3v) is 4.76. The third-order valence-electron chi connectivity index (χ3n) is 3.62. The highest BCUT2D eigenvalue weighted by atomic mass is 32.2. The Morgan fingerprint density at radius 2 is 1.96 bits per heavy atom. The second-order valence-electron chi connectivity index (χ2n) is 6.10. The highest BCUT2D eigenvalue weighted by Gasteiger charge is 2.20. The van der Waals surface area contributed by atoms with E-state index in [0.29, 0.717) is 11.6 Å². The number of rotatable bonds is 7. The van der Waals surface area contributed by atoms with E-state index in [1.165, 1.54) is 6.21 Å². The third kappa shape index (κ3) is 5.66. The lowest BCUT2D eigenvalue weighted by atomic mass is 10.0. The summed E-state index contributed by atoms with van der Waals surface area (Å²) in [6.07, 6.45) is 5.72. The Balaban J connectivity index is 2.08. The number of amides is 1. The van der Waals surface area contributed by atoms with Crippen LogP contribution in [0.25, 0.3) is 0 Å². The van der Waals surface area contributed by atoms with Gasteiger partial charge in [-0.05, 0) is 29.7 Å². The first-order chi connectivity index (χ1) is 12.3. The van der Waals surface area contributed by atoms with Crippen LogP contribution in [0.3, 0.4) is 0 Å². The first-order valence-electron chi connectivity index (χ1n) is 8.07. The van der Waals surface area contributed by atoms with E-state index in [1.807, 2.05) is 12.1 Å². The van der Waals surface area contributed by atoms with Crippen molar-refractivity contribution < 1.29 is 13.2 Å². The molecule has 0 aliphatic rings. The predicted molar refractivity (Wildman–Crippen MR) is 103 cm³/mol. The van der Waals surface area contributed by atoms with Crippen LogP contribution in [0.4, 0.5) is 5.69 Å². The van der Waals surface area contributed by atoms with Gasteiger partial charge in [-0.1, -0.05) is 32.0 Å². The maximum atomic E-state index is 12.1. The van der Waals surface area contributed by atoms with E-state index in [1.54, 1.807) is 36.7 Å². The van der Waals surface area contributed by atoms with Crippen molar-refractivity contribution in [2.75, 3.05) is 17.1 Å². The second-order valence-corrected chi connectivity index (χ2v) is 8.00. The molecule has 0 radical (unpaired) electrons. The van der Waals surface area contributed by atoms with Crippen molar-refractivity contribution in [2.45, 2.75) is 19.8 Å². The van der Waals surface area contributed by atoms with Gasteiger partial charge in [0.1, 0.15) is 6.54 Å². The lowest BCUT2D eigenvalue weighted by Crippen LogP contribution is -2.39. The Morgan fingerprint density at radius 3 is 2.50 bits per heavy atom. The fourth-order valence-corrected chi connectivity index (χ4v) is 3.08. The largest absolute Gasteiger partial charge is 0.271 e.